The van der Waals surface area contributed by atoms with Gasteiger partial charge in [-0.05, 0) is 6.92 Å². The minimum absolute atomic E-state index is 0.182. The summed E-state index contributed by atoms with van der Waals surface area (Å²) in [5, 5.41) is 47.7. The lowest BCUT2D eigenvalue weighted by Gasteiger charge is -2.44. The van der Waals surface area contributed by atoms with Crippen LogP contribution in [0.25, 0.3) is 0 Å². The predicted molar refractivity (Wildman–Crippen MR) is 66.7 cm³/mol. The molecule has 0 aromatic heterocycles. The van der Waals surface area contributed by atoms with E-state index in [2.05, 4.69) is 6.58 Å². The monoisotopic (exact) mass is 308 g/mol. The Morgan fingerprint density at radius 1 is 1.29 bits per heavy atom. The van der Waals surface area contributed by atoms with Crippen LogP contribution in [0.15, 0.2) is 12.2 Å². The summed E-state index contributed by atoms with van der Waals surface area (Å²) in [4.78, 5) is 11.1. The normalized spacial score (nSPS) is 36.3. The summed E-state index contributed by atoms with van der Waals surface area (Å²) in [7, 11) is 0. The molecule has 0 radical (unpaired) electrons. The van der Waals surface area contributed by atoms with Crippen LogP contribution < -0.4 is 0 Å². The Morgan fingerprint density at radius 2 is 1.90 bits per heavy atom. The average Bonchev–Trinajstić information content (AvgIpc) is 2.45. The van der Waals surface area contributed by atoms with Gasteiger partial charge in [-0.2, -0.15) is 0 Å². The molecule has 0 spiro atoms. The molecular weight excluding hydrogens is 288 g/mol. The molecule has 1 heterocycles. The third kappa shape index (κ3) is 4.20. The van der Waals surface area contributed by atoms with Gasteiger partial charge < -0.3 is 39.7 Å². The van der Waals surface area contributed by atoms with Crippen molar-refractivity contribution >= 4 is 5.97 Å². The van der Waals surface area contributed by atoms with E-state index in [0.29, 0.717) is 0 Å². The molecule has 9 nitrogen and oxygen atoms in total. The second-order valence-corrected chi connectivity index (χ2v) is 4.66. The molecule has 1 aliphatic heterocycles. The highest BCUT2D eigenvalue weighted by Crippen LogP contribution is 2.29. The van der Waals surface area contributed by atoms with E-state index in [4.69, 9.17) is 19.3 Å². The molecule has 1 fully saturated rings. The first-order valence-electron chi connectivity index (χ1n) is 6.24. The van der Waals surface area contributed by atoms with Crippen molar-refractivity contribution in [2.45, 2.75) is 37.3 Å². The van der Waals surface area contributed by atoms with E-state index < -0.39 is 43.0 Å². The third-order valence-corrected chi connectivity index (χ3v) is 2.90. The highest BCUT2D eigenvalue weighted by molar-refractivity contribution is 5.86. The Morgan fingerprint density at radius 3 is 2.43 bits per heavy atom. The quantitative estimate of drug-likeness (QED) is 0.152. The van der Waals surface area contributed by atoms with E-state index in [-0.39, 0.29) is 18.8 Å². The van der Waals surface area contributed by atoms with E-state index in [1.54, 1.807) is 0 Å². The fraction of sp³-hybridized carbons (Fsp3) is 0.750. The topological polar surface area (TPSA) is 146 Å². The summed E-state index contributed by atoms with van der Waals surface area (Å²) in [6, 6.07) is 0. The first-order valence-corrected chi connectivity index (χ1v) is 6.24. The first-order chi connectivity index (χ1) is 9.73. The van der Waals surface area contributed by atoms with Crippen LogP contribution in [0.3, 0.4) is 0 Å². The fourth-order valence-electron chi connectivity index (χ4n) is 1.69. The molecule has 0 saturated carbocycles. The molecule has 0 aromatic carbocycles. The number of rotatable bonds is 6. The molecule has 21 heavy (non-hydrogen) atoms. The number of hydrogen-bond donors (Lipinski definition) is 5. The van der Waals surface area contributed by atoms with Gasteiger partial charge in [0.15, 0.2) is 6.10 Å². The Hall–Kier alpha value is -1.07. The van der Waals surface area contributed by atoms with Gasteiger partial charge in [0.1, 0.15) is 24.9 Å². The predicted octanol–water partition coefficient (Wildman–Crippen LogP) is -2.76. The summed E-state index contributed by atoms with van der Waals surface area (Å²) in [5.41, 5.74) is 0.182. The van der Waals surface area contributed by atoms with Crippen molar-refractivity contribution in [3.05, 3.63) is 12.2 Å². The fourth-order valence-corrected chi connectivity index (χ4v) is 1.69. The van der Waals surface area contributed by atoms with E-state index in [1.165, 1.54) is 6.92 Å². The highest BCUT2D eigenvalue weighted by atomic mass is 16.8. The van der Waals surface area contributed by atoms with E-state index in [9.17, 15) is 25.2 Å². The van der Waals surface area contributed by atoms with Crippen LogP contribution in [0, 0.1) is 0 Å². The molecule has 0 aromatic rings. The van der Waals surface area contributed by atoms with Crippen LogP contribution in [-0.2, 0) is 19.0 Å². The molecule has 5 atom stereocenters. The van der Waals surface area contributed by atoms with Crippen LogP contribution in [0.1, 0.15) is 6.92 Å². The highest BCUT2D eigenvalue weighted by Gasteiger charge is 2.53. The summed E-state index contributed by atoms with van der Waals surface area (Å²) < 4.78 is 14.4. The van der Waals surface area contributed by atoms with Crippen LogP contribution in [0.2, 0.25) is 0 Å². The summed E-state index contributed by atoms with van der Waals surface area (Å²) in [6.07, 6.45) is -6.67. The molecule has 1 unspecified atom stereocenters. The second kappa shape index (κ2) is 7.27. The van der Waals surface area contributed by atoms with Gasteiger partial charge >= 0.3 is 11.9 Å². The van der Waals surface area contributed by atoms with Gasteiger partial charge in [0.05, 0.1) is 13.2 Å². The smallest absolute Gasteiger partial charge is 0.333 e. The number of aliphatic hydroxyl groups is 5. The van der Waals surface area contributed by atoms with Gasteiger partial charge in [-0.15, -0.1) is 0 Å². The molecule has 1 saturated heterocycles. The third-order valence-electron chi connectivity index (χ3n) is 2.90. The minimum atomic E-state index is -2.64. The van der Waals surface area contributed by atoms with Crippen molar-refractivity contribution in [2.75, 3.05) is 19.8 Å². The lowest BCUT2D eigenvalue weighted by atomic mass is 9.98. The van der Waals surface area contributed by atoms with Gasteiger partial charge in [0, 0.05) is 5.57 Å². The first kappa shape index (κ1) is 18.0. The van der Waals surface area contributed by atoms with Gasteiger partial charge in [0.2, 0.25) is 0 Å². The minimum Gasteiger partial charge on any atom is -0.460 e. The largest absolute Gasteiger partial charge is 0.460 e. The molecule has 0 aliphatic carbocycles. The summed E-state index contributed by atoms with van der Waals surface area (Å²) in [5.74, 6) is -3.29. The van der Waals surface area contributed by atoms with Crippen molar-refractivity contribution in [2.24, 2.45) is 0 Å². The number of esters is 1. The molecule has 1 rings (SSSR count). The SMILES string of the molecule is C=C(C)C(=O)OCCOC1(O)O[C@H](CO)[C@@H](O)[C@H](O)[C@H]1O. The van der Waals surface area contributed by atoms with Gasteiger partial charge in [-0.25, -0.2) is 4.79 Å². The lowest BCUT2D eigenvalue weighted by Crippen LogP contribution is -2.66. The number of ether oxygens (including phenoxy) is 3. The van der Waals surface area contributed by atoms with E-state index >= 15 is 0 Å². The number of carbonyl (C=O) groups is 1. The van der Waals surface area contributed by atoms with Gasteiger partial charge in [-0.3, -0.25) is 0 Å². The Kier molecular flexibility index (Phi) is 6.23. The zero-order chi connectivity index (χ0) is 16.2. The molecule has 5 N–H and O–H groups in total. The van der Waals surface area contributed by atoms with Crippen molar-refractivity contribution < 1.29 is 44.5 Å². The number of carbonyl (C=O) groups excluding carboxylic acids is 1. The van der Waals surface area contributed by atoms with Crippen molar-refractivity contribution in [3.63, 3.8) is 0 Å². The Bertz CT molecular complexity index is 383. The standard InChI is InChI=1S/C12H20O9/c1-6(2)11(17)19-3-4-20-12(18)10(16)9(15)8(14)7(5-13)21-12/h7-10,13-16,18H,1,3-5H2,2H3/t7-,8-,9+,10-,12?/m1/s1. The van der Waals surface area contributed by atoms with Crippen LogP contribution in [0.4, 0.5) is 0 Å². The maximum absolute atomic E-state index is 11.1. The number of hydrogen-bond acceptors (Lipinski definition) is 9. The second-order valence-electron chi connectivity index (χ2n) is 4.66. The average molecular weight is 308 g/mol. The zero-order valence-corrected chi connectivity index (χ0v) is 11.5. The molecule has 0 bridgehead atoms. The van der Waals surface area contributed by atoms with Gasteiger partial charge in [0.25, 0.3) is 0 Å². The lowest BCUT2D eigenvalue weighted by molar-refractivity contribution is -0.449. The van der Waals surface area contributed by atoms with E-state index in [1.807, 2.05) is 0 Å². The van der Waals surface area contributed by atoms with Crippen molar-refractivity contribution in [1.82, 2.24) is 0 Å². The van der Waals surface area contributed by atoms with Crippen LogP contribution in [0.5, 0.6) is 0 Å². The molecule has 9 heteroatoms. The molecule has 122 valence electrons. The Labute approximate surface area is 121 Å². The maximum Gasteiger partial charge on any atom is 0.333 e. The zero-order valence-electron chi connectivity index (χ0n) is 11.5. The van der Waals surface area contributed by atoms with Crippen molar-refractivity contribution in [1.29, 1.82) is 0 Å². The Balaban J connectivity index is 2.55. The number of aliphatic hydroxyl groups excluding tert-OH is 4. The molecule has 0 amide bonds. The van der Waals surface area contributed by atoms with E-state index in [0.717, 1.165) is 0 Å². The molecule has 1 aliphatic rings. The van der Waals surface area contributed by atoms with Gasteiger partial charge in [-0.1, -0.05) is 6.58 Å². The van der Waals surface area contributed by atoms with Crippen LogP contribution in [-0.4, -0.2) is 81.7 Å². The maximum atomic E-state index is 11.1. The van der Waals surface area contributed by atoms with Crippen molar-refractivity contribution in [3.8, 4) is 0 Å². The summed E-state index contributed by atoms with van der Waals surface area (Å²) >= 11 is 0. The summed E-state index contributed by atoms with van der Waals surface area (Å²) in [6.45, 7) is 3.51. The molecular formula is C12H20O9. The van der Waals surface area contributed by atoms with Crippen LogP contribution >= 0.6 is 0 Å².